The van der Waals surface area contributed by atoms with E-state index in [1.54, 1.807) is 0 Å². The Labute approximate surface area is 220 Å². The first-order valence-corrected chi connectivity index (χ1v) is 13.8. The monoisotopic (exact) mass is 516 g/mol. The Morgan fingerprint density at radius 2 is 1.65 bits per heavy atom. The van der Waals surface area contributed by atoms with Gasteiger partial charge in [-0.15, -0.1) is 0 Å². The third-order valence-electron chi connectivity index (χ3n) is 11.6. The fourth-order valence-corrected chi connectivity index (χ4v) is 9.12. The summed E-state index contributed by atoms with van der Waals surface area (Å²) in [6, 6.07) is 0. The average molecular weight is 517 g/mol. The largest absolute Gasteiger partial charge is 0.481 e. The smallest absolute Gasteiger partial charge is 0.306 e. The van der Waals surface area contributed by atoms with Crippen molar-refractivity contribution in [3.05, 3.63) is 11.1 Å². The van der Waals surface area contributed by atoms with Gasteiger partial charge in [0.1, 0.15) is 11.6 Å². The molecule has 9 atom stereocenters. The number of hydrogen-bond acceptors (Lipinski definition) is 6. The summed E-state index contributed by atoms with van der Waals surface area (Å²) in [4.78, 5) is 51.9. The number of hydrogen-bond donors (Lipinski definition) is 3. The summed E-state index contributed by atoms with van der Waals surface area (Å²) < 4.78 is 0. The summed E-state index contributed by atoms with van der Waals surface area (Å²) in [5.74, 6) is -2.45. The first-order chi connectivity index (χ1) is 16.9. The van der Waals surface area contributed by atoms with Crippen molar-refractivity contribution in [3.63, 3.8) is 0 Å². The molecule has 0 radical (unpaired) electrons. The van der Waals surface area contributed by atoms with Crippen molar-refractivity contribution in [2.75, 3.05) is 0 Å². The van der Waals surface area contributed by atoms with Gasteiger partial charge in [-0.25, -0.2) is 0 Å². The molecule has 0 saturated heterocycles. The highest BCUT2D eigenvalue weighted by Crippen LogP contribution is 2.70. The van der Waals surface area contributed by atoms with Crippen molar-refractivity contribution in [1.82, 2.24) is 0 Å². The summed E-state index contributed by atoms with van der Waals surface area (Å²) in [6.45, 7) is 13.4. The third kappa shape index (κ3) is 3.82. The zero-order chi connectivity index (χ0) is 27.9. The van der Waals surface area contributed by atoms with E-state index < -0.39 is 45.8 Å². The molecule has 0 heterocycles. The molecule has 2 saturated carbocycles. The fraction of sp³-hybridized carbons (Fsp3) is 0.800. The van der Waals surface area contributed by atoms with Gasteiger partial charge in [-0.3, -0.25) is 19.2 Å². The molecule has 0 aromatic carbocycles. The molecule has 0 aromatic heterocycles. The zero-order valence-electron chi connectivity index (χ0n) is 23.4. The molecule has 0 spiro atoms. The van der Waals surface area contributed by atoms with Crippen molar-refractivity contribution < 1.29 is 34.5 Å². The summed E-state index contributed by atoms with van der Waals surface area (Å²) in [7, 11) is 0. The van der Waals surface area contributed by atoms with Gasteiger partial charge in [-0.2, -0.15) is 0 Å². The number of aliphatic carboxylic acids is 1. The van der Waals surface area contributed by atoms with Gasteiger partial charge in [0.25, 0.3) is 0 Å². The maximum absolute atomic E-state index is 14.1. The Bertz CT molecular complexity index is 1070. The second kappa shape index (κ2) is 8.84. The highest BCUT2D eigenvalue weighted by atomic mass is 16.4. The second-order valence-corrected chi connectivity index (χ2v) is 13.9. The average Bonchev–Trinajstić information content (AvgIpc) is 2.99. The molecule has 7 nitrogen and oxygen atoms in total. The van der Waals surface area contributed by atoms with Crippen LogP contribution in [0.25, 0.3) is 0 Å². The Morgan fingerprint density at radius 3 is 2.24 bits per heavy atom. The van der Waals surface area contributed by atoms with E-state index in [1.165, 1.54) is 6.92 Å². The number of fused-ring (bicyclic) bond motifs is 4. The standard InChI is InChI=1S/C30H44O7/c1-15(10-17(31)11-16(2)26(36)37)18-12-23(35)30(7)25-19(32)13-21-27(3,4)22(34)8-9-28(21,5)24(25)20(33)14-29(18,30)6/h15-16,18-19,21-22,32,34H,8-14H2,1-7H3,(H,36,37)/t15-,16-,18-,19+,21+,22+,28+,29-,30+/m1/s1. The van der Waals surface area contributed by atoms with Crippen LogP contribution in [0.5, 0.6) is 0 Å². The zero-order valence-corrected chi connectivity index (χ0v) is 23.4. The Morgan fingerprint density at radius 1 is 1.03 bits per heavy atom. The lowest BCUT2D eigenvalue weighted by molar-refractivity contribution is -0.144. The summed E-state index contributed by atoms with van der Waals surface area (Å²) in [6.07, 6.45) is 0.671. The van der Waals surface area contributed by atoms with Crippen LogP contribution < -0.4 is 0 Å². The van der Waals surface area contributed by atoms with Gasteiger partial charge in [0.05, 0.1) is 23.5 Å². The quantitative estimate of drug-likeness (QED) is 0.484. The van der Waals surface area contributed by atoms with Crippen molar-refractivity contribution in [2.24, 2.45) is 45.3 Å². The van der Waals surface area contributed by atoms with Crippen LogP contribution in [0.15, 0.2) is 11.1 Å². The van der Waals surface area contributed by atoms with E-state index in [2.05, 4.69) is 6.92 Å². The molecule has 4 aliphatic rings. The molecule has 0 amide bonds. The van der Waals surface area contributed by atoms with Gasteiger partial charge in [0, 0.05) is 31.3 Å². The van der Waals surface area contributed by atoms with Crippen molar-refractivity contribution in [1.29, 1.82) is 0 Å². The third-order valence-corrected chi connectivity index (χ3v) is 11.6. The van der Waals surface area contributed by atoms with Crippen LogP contribution in [0.3, 0.4) is 0 Å². The number of aliphatic hydroxyl groups excluding tert-OH is 2. The number of aliphatic hydroxyl groups is 2. The number of allylic oxidation sites excluding steroid dienone is 1. The van der Waals surface area contributed by atoms with Crippen molar-refractivity contribution in [3.8, 4) is 0 Å². The summed E-state index contributed by atoms with van der Waals surface area (Å²) in [5, 5.41) is 31.6. The Balaban J connectivity index is 1.74. The molecule has 206 valence electrons. The topological polar surface area (TPSA) is 129 Å². The van der Waals surface area contributed by atoms with Crippen LogP contribution in [-0.4, -0.2) is 50.8 Å². The number of carbonyl (C=O) groups is 4. The normalized spacial score (nSPS) is 42.5. The van der Waals surface area contributed by atoms with E-state index in [-0.39, 0.29) is 60.8 Å². The number of ketones is 3. The molecule has 0 aromatic rings. The lowest BCUT2D eigenvalue weighted by atomic mass is 9.42. The minimum absolute atomic E-state index is 0.00871. The predicted molar refractivity (Wildman–Crippen MR) is 137 cm³/mol. The first kappa shape index (κ1) is 28.2. The lowest BCUT2D eigenvalue weighted by Crippen LogP contribution is -2.60. The van der Waals surface area contributed by atoms with Crippen LogP contribution in [0.2, 0.25) is 0 Å². The van der Waals surface area contributed by atoms with Crippen LogP contribution in [-0.2, 0) is 19.2 Å². The van der Waals surface area contributed by atoms with Crippen LogP contribution in [0.1, 0.15) is 93.4 Å². The number of rotatable bonds is 6. The molecular formula is C30H44O7. The molecule has 3 N–H and O–H groups in total. The minimum atomic E-state index is -1.01. The first-order valence-electron chi connectivity index (χ1n) is 13.8. The van der Waals surface area contributed by atoms with Gasteiger partial charge in [-0.05, 0) is 65.8 Å². The van der Waals surface area contributed by atoms with Crippen molar-refractivity contribution >= 4 is 23.3 Å². The van der Waals surface area contributed by atoms with Gasteiger partial charge in [0.15, 0.2) is 5.78 Å². The minimum Gasteiger partial charge on any atom is -0.481 e. The molecule has 0 bridgehead atoms. The van der Waals surface area contributed by atoms with Crippen LogP contribution in [0.4, 0.5) is 0 Å². The SMILES string of the molecule is C[C@H](CC(=O)C[C@@H](C)[C@H]1CC(=O)[C@@]2(C)C3=C(C(=O)C[C@]12C)[C@@]1(C)CC[C@H](O)C(C)(C)[C@@H]1C[C@@H]3O)C(=O)O. The molecule has 0 unspecified atom stereocenters. The molecule has 2 fully saturated rings. The van der Waals surface area contributed by atoms with E-state index >= 15 is 0 Å². The summed E-state index contributed by atoms with van der Waals surface area (Å²) >= 11 is 0. The van der Waals surface area contributed by atoms with Crippen molar-refractivity contribution in [2.45, 2.75) is 106 Å². The number of carboxylic acid groups (broad SMARTS) is 1. The number of carboxylic acids is 1. The maximum atomic E-state index is 14.1. The van der Waals surface area contributed by atoms with Crippen LogP contribution >= 0.6 is 0 Å². The molecule has 37 heavy (non-hydrogen) atoms. The highest BCUT2D eigenvalue weighted by molar-refractivity contribution is 6.05. The molecule has 0 aliphatic heterocycles. The fourth-order valence-electron chi connectivity index (χ4n) is 9.12. The van der Waals surface area contributed by atoms with E-state index in [9.17, 15) is 34.5 Å². The van der Waals surface area contributed by atoms with Gasteiger partial charge in [-0.1, -0.05) is 41.5 Å². The molecule has 4 aliphatic carbocycles. The maximum Gasteiger partial charge on any atom is 0.306 e. The predicted octanol–water partition coefficient (Wildman–Crippen LogP) is 4.13. The van der Waals surface area contributed by atoms with Crippen LogP contribution in [0, 0.1) is 45.3 Å². The van der Waals surface area contributed by atoms with Gasteiger partial charge >= 0.3 is 5.97 Å². The molecule has 4 rings (SSSR count). The van der Waals surface area contributed by atoms with Gasteiger partial charge < -0.3 is 15.3 Å². The van der Waals surface area contributed by atoms with E-state index in [0.29, 0.717) is 30.4 Å². The summed E-state index contributed by atoms with van der Waals surface area (Å²) in [5.41, 5.74) is -1.55. The number of Topliss-reactive ketones (excluding diaryl/α,β-unsaturated/α-hetero) is 3. The lowest BCUT2D eigenvalue weighted by Gasteiger charge is -2.61. The van der Waals surface area contributed by atoms with E-state index in [0.717, 1.165) is 0 Å². The molecule has 7 heteroatoms. The van der Waals surface area contributed by atoms with E-state index in [4.69, 9.17) is 0 Å². The number of carbonyl (C=O) groups excluding carboxylic acids is 3. The second-order valence-electron chi connectivity index (χ2n) is 13.9. The Hall–Kier alpha value is -1.86. The highest BCUT2D eigenvalue weighted by Gasteiger charge is 2.70. The Kier molecular flexibility index (Phi) is 6.72. The van der Waals surface area contributed by atoms with E-state index in [1.807, 2.05) is 34.6 Å². The van der Waals surface area contributed by atoms with Gasteiger partial charge in [0.2, 0.25) is 0 Å². The molecular weight excluding hydrogens is 472 g/mol.